The molecule has 2 rings (SSSR count). The van der Waals surface area contributed by atoms with Gasteiger partial charge in [-0.05, 0) is 44.9 Å². The number of hydrogen-bond acceptors (Lipinski definition) is 3. The van der Waals surface area contributed by atoms with E-state index in [2.05, 4.69) is 0 Å². The highest BCUT2D eigenvalue weighted by atomic mass is 16.4. The molecule has 5 nitrogen and oxygen atoms in total. The standard InChI is InChI=1S/C14H24N2O3/c1-14(2,15)7-6-11(17)16-8-9-4-3-5-10(9)12(16)13(18)19/h9-10,12H,3-8,15H2,1-2H3,(H,18,19). The van der Waals surface area contributed by atoms with Gasteiger partial charge in [0, 0.05) is 18.5 Å². The number of carbonyl (C=O) groups excluding carboxylic acids is 1. The normalized spacial score (nSPS) is 30.5. The van der Waals surface area contributed by atoms with Gasteiger partial charge in [-0.15, -0.1) is 0 Å². The predicted molar refractivity (Wildman–Crippen MR) is 71.5 cm³/mol. The third-order valence-electron chi connectivity index (χ3n) is 4.45. The number of nitrogens with two attached hydrogens (primary N) is 1. The first-order chi connectivity index (χ1) is 8.79. The Hall–Kier alpha value is -1.10. The van der Waals surface area contributed by atoms with Gasteiger partial charge in [-0.1, -0.05) is 6.42 Å². The monoisotopic (exact) mass is 268 g/mol. The van der Waals surface area contributed by atoms with Crippen molar-refractivity contribution in [1.29, 1.82) is 0 Å². The molecule has 0 aromatic carbocycles. The third-order valence-corrected chi connectivity index (χ3v) is 4.45. The average Bonchev–Trinajstić information content (AvgIpc) is 2.82. The maximum Gasteiger partial charge on any atom is 0.326 e. The minimum Gasteiger partial charge on any atom is -0.480 e. The second-order valence-electron chi connectivity index (χ2n) is 6.67. The van der Waals surface area contributed by atoms with Gasteiger partial charge in [-0.2, -0.15) is 0 Å². The van der Waals surface area contributed by atoms with Crippen molar-refractivity contribution in [3.05, 3.63) is 0 Å². The summed E-state index contributed by atoms with van der Waals surface area (Å²) in [7, 11) is 0. The van der Waals surface area contributed by atoms with Crippen molar-refractivity contribution in [2.75, 3.05) is 6.54 Å². The van der Waals surface area contributed by atoms with Crippen molar-refractivity contribution in [3.8, 4) is 0 Å². The van der Waals surface area contributed by atoms with Crippen LogP contribution in [0.2, 0.25) is 0 Å². The molecule has 2 aliphatic rings. The molecule has 1 aliphatic carbocycles. The highest BCUT2D eigenvalue weighted by Crippen LogP contribution is 2.42. The Morgan fingerprint density at radius 3 is 2.63 bits per heavy atom. The highest BCUT2D eigenvalue weighted by molar-refractivity contribution is 5.84. The van der Waals surface area contributed by atoms with Gasteiger partial charge in [0.25, 0.3) is 0 Å². The Morgan fingerprint density at radius 2 is 2.05 bits per heavy atom. The summed E-state index contributed by atoms with van der Waals surface area (Å²) in [5.74, 6) is -0.363. The molecule has 1 aliphatic heterocycles. The maximum absolute atomic E-state index is 12.2. The maximum atomic E-state index is 12.2. The fourth-order valence-electron chi connectivity index (χ4n) is 3.45. The lowest BCUT2D eigenvalue weighted by Crippen LogP contribution is -2.44. The number of nitrogens with zero attached hydrogens (tertiary/aromatic N) is 1. The fourth-order valence-corrected chi connectivity index (χ4v) is 3.45. The number of hydrogen-bond donors (Lipinski definition) is 2. The van der Waals surface area contributed by atoms with E-state index in [1.165, 1.54) is 0 Å². The van der Waals surface area contributed by atoms with Crippen molar-refractivity contribution in [2.24, 2.45) is 17.6 Å². The number of carboxylic acids is 1. The molecule has 5 heteroatoms. The molecule has 3 N–H and O–H groups in total. The summed E-state index contributed by atoms with van der Waals surface area (Å²) >= 11 is 0. The van der Waals surface area contributed by atoms with Crippen LogP contribution in [-0.2, 0) is 9.59 Å². The molecule has 0 aromatic heterocycles. The van der Waals surface area contributed by atoms with Crippen molar-refractivity contribution in [2.45, 2.75) is 57.5 Å². The molecular formula is C14H24N2O3. The molecule has 3 unspecified atom stereocenters. The predicted octanol–water partition coefficient (Wildman–Crippen LogP) is 1.22. The summed E-state index contributed by atoms with van der Waals surface area (Å²) < 4.78 is 0. The van der Waals surface area contributed by atoms with Gasteiger partial charge >= 0.3 is 5.97 Å². The molecule has 0 spiro atoms. The van der Waals surface area contributed by atoms with Gasteiger partial charge in [0.1, 0.15) is 6.04 Å². The van der Waals surface area contributed by atoms with E-state index >= 15 is 0 Å². The lowest BCUT2D eigenvalue weighted by molar-refractivity contribution is -0.149. The number of likely N-dealkylation sites (tertiary alicyclic amines) is 1. The molecule has 1 amide bonds. The molecule has 0 bridgehead atoms. The van der Waals surface area contributed by atoms with E-state index in [-0.39, 0.29) is 17.4 Å². The third kappa shape index (κ3) is 3.08. The summed E-state index contributed by atoms with van der Waals surface area (Å²) in [4.78, 5) is 25.3. The summed E-state index contributed by atoms with van der Waals surface area (Å²) in [6, 6.07) is -0.610. The molecule has 0 aromatic rings. The van der Waals surface area contributed by atoms with Gasteiger partial charge in [-0.25, -0.2) is 4.79 Å². The lowest BCUT2D eigenvalue weighted by Gasteiger charge is -2.26. The first kappa shape index (κ1) is 14.3. The average molecular weight is 268 g/mol. The number of carboxylic acid groups (broad SMARTS) is 1. The van der Waals surface area contributed by atoms with Gasteiger partial charge in [0.15, 0.2) is 0 Å². The Labute approximate surface area is 114 Å². The van der Waals surface area contributed by atoms with Crippen LogP contribution in [0, 0.1) is 11.8 Å². The van der Waals surface area contributed by atoms with Crippen LogP contribution in [0.3, 0.4) is 0 Å². The van der Waals surface area contributed by atoms with Gasteiger partial charge in [0.05, 0.1) is 0 Å². The van der Waals surface area contributed by atoms with Crippen molar-refractivity contribution >= 4 is 11.9 Å². The molecule has 108 valence electrons. The van der Waals surface area contributed by atoms with Crippen LogP contribution in [0.15, 0.2) is 0 Å². The van der Waals surface area contributed by atoms with Crippen molar-refractivity contribution < 1.29 is 14.7 Å². The molecular weight excluding hydrogens is 244 g/mol. The van der Waals surface area contributed by atoms with Gasteiger partial charge in [-0.3, -0.25) is 4.79 Å². The number of carbonyl (C=O) groups is 2. The minimum absolute atomic E-state index is 0.0553. The van der Waals surface area contributed by atoms with E-state index in [1.807, 2.05) is 13.8 Å². The molecule has 1 heterocycles. The minimum atomic E-state index is -0.852. The van der Waals surface area contributed by atoms with Crippen LogP contribution in [0.1, 0.15) is 46.0 Å². The largest absolute Gasteiger partial charge is 0.480 e. The number of aliphatic carboxylic acids is 1. The van der Waals surface area contributed by atoms with Crippen molar-refractivity contribution in [3.63, 3.8) is 0 Å². The second-order valence-corrected chi connectivity index (χ2v) is 6.67. The second kappa shape index (κ2) is 5.12. The summed E-state index contributed by atoms with van der Waals surface area (Å²) in [6.45, 7) is 4.38. The smallest absolute Gasteiger partial charge is 0.326 e. The van der Waals surface area contributed by atoms with Crippen LogP contribution < -0.4 is 5.73 Å². The highest BCUT2D eigenvalue weighted by Gasteiger charge is 2.49. The van der Waals surface area contributed by atoms with Gasteiger partial charge < -0.3 is 15.7 Å². The van der Waals surface area contributed by atoms with E-state index in [9.17, 15) is 14.7 Å². The first-order valence-corrected chi connectivity index (χ1v) is 7.11. The number of fused-ring (bicyclic) bond motifs is 1. The van der Waals surface area contributed by atoms with Crippen LogP contribution in [-0.4, -0.2) is 40.0 Å². The van der Waals surface area contributed by atoms with Crippen LogP contribution in [0.5, 0.6) is 0 Å². The van der Waals surface area contributed by atoms with E-state index in [1.54, 1.807) is 4.90 Å². The van der Waals surface area contributed by atoms with Gasteiger partial charge in [0.2, 0.25) is 5.91 Å². The Morgan fingerprint density at radius 1 is 1.37 bits per heavy atom. The summed E-state index contributed by atoms with van der Waals surface area (Å²) in [5.41, 5.74) is 5.50. The van der Waals surface area contributed by atoms with E-state index < -0.39 is 12.0 Å². The Balaban J connectivity index is 2.02. The van der Waals surface area contributed by atoms with E-state index in [4.69, 9.17) is 5.73 Å². The molecule has 1 saturated heterocycles. The molecule has 2 fully saturated rings. The zero-order chi connectivity index (χ0) is 14.2. The van der Waals surface area contributed by atoms with Crippen LogP contribution in [0.4, 0.5) is 0 Å². The Kier molecular flexibility index (Phi) is 3.85. The van der Waals surface area contributed by atoms with E-state index in [0.29, 0.717) is 25.3 Å². The van der Waals surface area contributed by atoms with Crippen molar-refractivity contribution in [1.82, 2.24) is 4.90 Å². The number of rotatable bonds is 4. The fraction of sp³-hybridized carbons (Fsp3) is 0.857. The zero-order valence-electron chi connectivity index (χ0n) is 11.8. The Bertz CT molecular complexity index is 375. The molecule has 3 atom stereocenters. The molecule has 1 saturated carbocycles. The molecule has 19 heavy (non-hydrogen) atoms. The topological polar surface area (TPSA) is 83.6 Å². The lowest BCUT2D eigenvalue weighted by atomic mass is 9.94. The zero-order valence-corrected chi connectivity index (χ0v) is 11.8. The first-order valence-electron chi connectivity index (χ1n) is 7.11. The number of amides is 1. The molecule has 0 radical (unpaired) electrons. The van der Waals surface area contributed by atoms with Crippen LogP contribution >= 0.6 is 0 Å². The van der Waals surface area contributed by atoms with Crippen LogP contribution in [0.25, 0.3) is 0 Å². The quantitative estimate of drug-likeness (QED) is 0.803. The summed E-state index contributed by atoms with van der Waals surface area (Å²) in [5, 5.41) is 9.39. The SMILES string of the molecule is CC(C)(N)CCC(=O)N1CC2CCCC2C1C(=O)O. The summed E-state index contributed by atoms with van der Waals surface area (Å²) in [6.07, 6.45) is 4.02. The van der Waals surface area contributed by atoms with E-state index in [0.717, 1.165) is 19.3 Å².